The van der Waals surface area contributed by atoms with Crippen LogP contribution in [0.15, 0.2) is 23.2 Å². The summed E-state index contributed by atoms with van der Waals surface area (Å²) < 4.78 is 13.6. The van der Waals surface area contributed by atoms with Crippen molar-refractivity contribution >= 4 is 17.6 Å². The fourth-order valence-electron chi connectivity index (χ4n) is 3.73. The Balaban J connectivity index is 1.68. The van der Waals surface area contributed by atoms with E-state index in [0.717, 1.165) is 45.3 Å². The summed E-state index contributed by atoms with van der Waals surface area (Å²) in [5.41, 5.74) is 0.321. The van der Waals surface area contributed by atoms with Gasteiger partial charge in [0.25, 0.3) is 0 Å². The van der Waals surface area contributed by atoms with Gasteiger partial charge < -0.3 is 20.2 Å². The molecule has 2 aliphatic rings. The zero-order valence-corrected chi connectivity index (χ0v) is 16.0. The third kappa shape index (κ3) is 5.11. The molecular weight excluding hydrogens is 347 g/mol. The molecular formula is C20H29FN4O2. The topological polar surface area (TPSA) is 68.2 Å². The van der Waals surface area contributed by atoms with Gasteiger partial charge in [0.15, 0.2) is 5.96 Å². The number of benzene rings is 1. The van der Waals surface area contributed by atoms with E-state index < -0.39 is 5.82 Å². The van der Waals surface area contributed by atoms with Crippen molar-refractivity contribution in [3.63, 3.8) is 0 Å². The number of anilines is 1. The molecule has 6 nitrogen and oxygen atoms in total. The molecule has 3 rings (SSSR count). The molecule has 1 aromatic carbocycles. The number of aromatic hydroxyl groups is 1. The van der Waals surface area contributed by atoms with E-state index >= 15 is 0 Å². The second kappa shape index (κ2) is 9.06. The predicted molar refractivity (Wildman–Crippen MR) is 104 cm³/mol. The molecule has 2 fully saturated rings. The minimum Gasteiger partial charge on any atom is -0.506 e. The number of amides is 1. The van der Waals surface area contributed by atoms with Gasteiger partial charge in [-0.3, -0.25) is 9.79 Å². The largest absolute Gasteiger partial charge is 0.506 e. The van der Waals surface area contributed by atoms with Crippen LogP contribution in [0, 0.1) is 5.82 Å². The van der Waals surface area contributed by atoms with E-state index in [2.05, 4.69) is 17.1 Å². The van der Waals surface area contributed by atoms with Crippen LogP contribution in [0.2, 0.25) is 0 Å². The average molecular weight is 376 g/mol. The fourth-order valence-corrected chi connectivity index (χ4v) is 3.73. The van der Waals surface area contributed by atoms with E-state index in [9.17, 15) is 14.3 Å². The number of carbonyl (C=O) groups is 1. The van der Waals surface area contributed by atoms with Gasteiger partial charge in [0, 0.05) is 44.7 Å². The highest BCUT2D eigenvalue weighted by atomic mass is 19.1. The number of piperidine rings is 1. The van der Waals surface area contributed by atoms with Crippen molar-refractivity contribution in [3.05, 3.63) is 24.0 Å². The molecule has 1 amide bonds. The van der Waals surface area contributed by atoms with Gasteiger partial charge in [-0.15, -0.1) is 0 Å². The number of hydrogen-bond acceptors (Lipinski definition) is 3. The van der Waals surface area contributed by atoms with Gasteiger partial charge in [-0.05, 0) is 51.2 Å². The van der Waals surface area contributed by atoms with Gasteiger partial charge in [0.2, 0.25) is 5.91 Å². The third-order valence-electron chi connectivity index (χ3n) is 5.30. The molecule has 1 unspecified atom stereocenters. The van der Waals surface area contributed by atoms with Gasteiger partial charge in [-0.25, -0.2) is 4.39 Å². The van der Waals surface area contributed by atoms with Gasteiger partial charge in [-0.1, -0.05) is 0 Å². The number of guanidine groups is 1. The van der Waals surface area contributed by atoms with E-state index in [1.54, 1.807) is 0 Å². The van der Waals surface area contributed by atoms with E-state index in [0.29, 0.717) is 30.7 Å². The molecule has 0 aromatic heterocycles. The van der Waals surface area contributed by atoms with E-state index in [1.165, 1.54) is 24.6 Å². The summed E-state index contributed by atoms with van der Waals surface area (Å²) in [6.07, 6.45) is 5.74. The van der Waals surface area contributed by atoms with Crippen LogP contribution in [0.3, 0.4) is 0 Å². The van der Waals surface area contributed by atoms with Crippen LogP contribution in [-0.4, -0.2) is 59.0 Å². The summed E-state index contributed by atoms with van der Waals surface area (Å²) in [5, 5.41) is 13.2. The summed E-state index contributed by atoms with van der Waals surface area (Å²) in [6, 6.07) is 4.19. The molecule has 0 saturated carbocycles. The van der Waals surface area contributed by atoms with Crippen molar-refractivity contribution in [2.45, 2.75) is 51.5 Å². The highest BCUT2D eigenvalue weighted by Crippen LogP contribution is 2.25. The number of phenols is 1. The molecule has 2 heterocycles. The zero-order valence-electron chi connectivity index (χ0n) is 16.0. The number of rotatable bonds is 5. The normalized spacial score (nSPS) is 21.0. The summed E-state index contributed by atoms with van der Waals surface area (Å²) >= 11 is 0. The quantitative estimate of drug-likeness (QED) is 0.358. The lowest BCUT2D eigenvalue weighted by atomic mass is 10.0. The maximum Gasteiger partial charge on any atom is 0.222 e. The fraction of sp³-hybridized carbons (Fsp3) is 0.600. The lowest BCUT2D eigenvalue weighted by Gasteiger charge is -2.36. The van der Waals surface area contributed by atoms with Crippen molar-refractivity contribution in [3.8, 4) is 5.75 Å². The van der Waals surface area contributed by atoms with E-state index in [4.69, 9.17) is 4.99 Å². The van der Waals surface area contributed by atoms with Crippen molar-refractivity contribution < 1.29 is 14.3 Å². The van der Waals surface area contributed by atoms with Crippen LogP contribution >= 0.6 is 0 Å². The van der Waals surface area contributed by atoms with Crippen LogP contribution in [0.4, 0.5) is 10.1 Å². The molecule has 0 bridgehead atoms. The minimum atomic E-state index is -0.408. The van der Waals surface area contributed by atoms with Crippen LogP contribution in [0.1, 0.15) is 45.4 Å². The smallest absolute Gasteiger partial charge is 0.222 e. The molecule has 0 spiro atoms. The Kier molecular flexibility index (Phi) is 6.53. The number of nitrogens with one attached hydrogen (secondary N) is 1. The van der Waals surface area contributed by atoms with Crippen molar-refractivity contribution in [1.82, 2.24) is 9.80 Å². The Bertz CT molecular complexity index is 695. The monoisotopic (exact) mass is 376 g/mol. The Hall–Kier alpha value is -2.31. The number of carbonyl (C=O) groups excluding carboxylic acids is 1. The van der Waals surface area contributed by atoms with Crippen LogP contribution in [0.5, 0.6) is 5.75 Å². The first-order valence-electron chi connectivity index (χ1n) is 9.89. The van der Waals surface area contributed by atoms with Crippen LogP contribution < -0.4 is 5.32 Å². The summed E-state index contributed by atoms with van der Waals surface area (Å²) in [7, 11) is 0. The van der Waals surface area contributed by atoms with Gasteiger partial charge >= 0.3 is 0 Å². The predicted octanol–water partition coefficient (Wildman–Crippen LogP) is 3.19. The van der Waals surface area contributed by atoms with E-state index in [1.807, 2.05) is 4.90 Å². The van der Waals surface area contributed by atoms with Crippen molar-refractivity contribution in [2.24, 2.45) is 4.99 Å². The van der Waals surface area contributed by atoms with Crippen LogP contribution in [-0.2, 0) is 4.79 Å². The lowest BCUT2D eigenvalue weighted by Crippen LogP contribution is -2.45. The maximum atomic E-state index is 13.6. The number of aliphatic imine (C=N–C) groups is 1. The van der Waals surface area contributed by atoms with Crippen LogP contribution in [0.25, 0.3) is 0 Å². The number of halogens is 1. The van der Waals surface area contributed by atoms with Gasteiger partial charge in [-0.2, -0.15) is 0 Å². The van der Waals surface area contributed by atoms with Gasteiger partial charge in [0.1, 0.15) is 11.6 Å². The molecule has 2 aliphatic heterocycles. The molecule has 0 radical (unpaired) electrons. The van der Waals surface area contributed by atoms with Crippen molar-refractivity contribution in [1.29, 1.82) is 0 Å². The summed E-state index contributed by atoms with van der Waals surface area (Å²) in [4.78, 5) is 20.5. The number of hydrogen-bond donors (Lipinski definition) is 2. The first-order chi connectivity index (χ1) is 13.0. The number of phenolic OH excluding ortho intramolecular Hbond substituents is 1. The Morgan fingerprint density at radius 3 is 2.93 bits per heavy atom. The first-order valence-corrected chi connectivity index (χ1v) is 9.89. The molecule has 1 atom stereocenters. The van der Waals surface area contributed by atoms with Gasteiger partial charge in [0.05, 0.1) is 5.69 Å². The Morgan fingerprint density at radius 2 is 2.19 bits per heavy atom. The molecule has 2 N–H and O–H groups in total. The number of nitrogens with zero attached hydrogens (tertiary/aromatic N) is 3. The first kappa shape index (κ1) is 19.5. The Morgan fingerprint density at radius 1 is 1.33 bits per heavy atom. The molecule has 27 heavy (non-hydrogen) atoms. The second-order valence-corrected chi connectivity index (χ2v) is 7.37. The Labute approximate surface area is 160 Å². The highest BCUT2D eigenvalue weighted by molar-refractivity contribution is 5.95. The molecule has 2 saturated heterocycles. The number of likely N-dealkylation sites (tertiary alicyclic amines) is 2. The SMILES string of the molecule is CC1CCCCN1C(=NCCCN1CCCC1=O)Nc1cc(F)ccc1O. The maximum absolute atomic E-state index is 13.6. The second-order valence-electron chi connectivity index (χ2n) is 7.37. The standard InChI is InChI=1S/C20H29FN4O2/c1-15-6-2-3-13-25(15)20(23-17-14-16(21)8-9-18(17)26)22-10-5-12-24-11-4-7-19(24)27/h8-9,14-15,26H,2-7,10-13H2,1H3,(H,22,23). The highest BCUT2D eigenvalue weighted by Gasteiger charge is 2.23. The average Bonchev–Trinajstić information content (AvgIpc) is 3.06. The summed E-state index contributed by atoms with van der Waals surface area (Å²) in [5.74, 6) is 0.479. The summed E-state index contributed by atoms with van der Waals surface area (Å²) in [6.45, 7) is 5.17. The zero-order chi connectivity index (χ0) is 19.2. The molecule has 7 heteroatoms. The lowest BCUT2D eigenvalue weighted by molar-refractivity contribution is -0.127. The molecule has 0 aliphatic carbocycles. The third-order valence-corrected chi connectivity index (χ3v) is 5.30. The molecule has 1 aromatic rings. The van der Waals surface area contributed by atoms with Crippen molar-refractivity contribution in [2.75, 3.05) is 31.5 Å². The van der Waals surface area contributed by atoms with E-state index in [-0.39, 0.29) is 11.7 Å². The molecule has 148 valence electrons. The minimum absolute atomic E-state index is 0.00331.